The Morgan fingerprint density at radius 2 is 1.54 bits per heavy atom. The summed E-state index contributed by atoms with van der Waals surface area (Å²) in [6.45, 7) is 2.30. The first-order valence-corrected chi connectivity index (χ1v) is 9.13. The molecule has 2 rings (SSSR count). The average Bonchev–Trinajstić information content (AvgIpc) is 2.73. The molecule has 6 heteroatoms. The Labute approximate surface area is 167 Å². The zero-order chi connectivity index (χ0) is 20.7. The van der Waals surface area contributed by atoms with Gasteiger partial charge in [-0.3, -0.25) is 4.90 Å². The third-order valence-corrected chi connectivity index (χ3v) is 5.09. The van der Waals surface area contributed by atoms with Gasteiger partial charge in [0, 0.05) is 0 Å². The highest BCUT2D eigenvalue weighted by Crippen LogP contribution is 2.38. The first kappa shape index (κ1) is 21.6. The van der Waals surface area contributed by atoms with Gasteiger partial charge >= 0.3 is 5.97 Å². The SMILES string of the molecule is CC[C@@](COC(=O)c1cc(OC)c(OC)c(OC)c1)(c1ccccc1)N(C)C. The molecule has 0 radical (unpaired) electrons. The molecule has 0 spiro atoms. The predicted molar refractivity (Wildman–Crippen MR) is 108 cm³/mol. The minimum Gasteiger partial charge on any atom is -0.493 e. The van der Waals surface area contributed by atoms with Crippen molar-refractivity contribution in [3.05, 3.63) is 53.6 Å². The normalized spacial score (nSPS) is 13.0. The summed E-state index contributed by atoms with van der Waals surface area (Å²) in [4.78, 5) is 14.9. The third kappa shape index (κ3) is 4.22. The molecule has 0 unspecified atom stereocenters. The van der Waals surface area contributed by atoms with Crippen molar-refractivity contribution in [1.29, 1.82) is 0 Å². The fourth-order valence-electron chi connectivity index (χ4n) is 3.31. The van der Waals surface area contributed by atoms with E-state index in [0.717, 1.165) is 12.0 Å². The lowest BCUT2D eigenvalue weighted by Gasteiger charge is -2.39. The Hall–Kier alpha value is -2.73. The second kappa shape index (κ2) is 9.46. The van der Waals surface area contributed by atoms with Crippen LogP contribution in [0.25, 0.3) is 0 Å². The van der Waals surface area contributed by atoms with Crippen molar-refractivity contribution in [3.63, 3.8) is 0 Å². The molecule has 0 aromatic heterocycles. The summed E-state index contributed by atoms with van der Waals surface area (Å²) in [5.74, 6) is 0.800. The maximum atomic E-state index is 12.8. The van der Waals surface area contributed by atoms with E-state index in [2.05, 4.69) is 24.0 Å². The monoisotopic (exact) mass is 387 g/mol. The summed E-state index contributed by atoms with van der Waals surface area (Å²) in [5, 5.41) is 0. The molecule has 2 aromatic rings. The highest BCUT2D eigenvalue weighted by molar-refractivity contribution is 5.91. The Morgan fingerprint density at radius 3 is 1.96 bits per heavy atom. The zero-order valence-corrected chi connectivity index (χ0v) is 17.4. The minimum absolute atomic E-state index is 0.218. The van der Waals surface area contributed by atoms with Crippen molar-refractivity contribution in [2.24, 2.45) is 0 Å². The number of esters is 1. The Kier molecular flexibility index (Phi) is 7.29. The number of likely N-dealkylation sites (N-methyl/N-ethyl adjacent to an activating group) is 1. The van der Waals surface area contributed by atoms with Crippen molar-refractivity contribution in [2.45, 2.75) is 18.9 Å². The first-order valence-electron chi connectivity index (χ1n) is 9.13. The van der Waals surface area contributed by atoms with Gasteiger partial charge in [-0.25, -0.2) is 4.79 Å². The molecule has 0 N–H and O–H groups in total. The molecule has 152 valence electrons. The standard InChI is InChI=1S/C22H29NO5/c1-7-22(23(2)3,17-11-9-8-10-12-17)15-28-21(24)16-13-18(25-4)20(27-6)19(14-16)26-5/h8-14H,7,15H2,1-6H3/t22-/m1/s1. The largest absolute Gasteiger partial charge is 0.493 e. The van der Waals surface area contributed by atoms with Crippen molar-refractivity contribution in [1.82, 2.24) is 4.90 Å². The van der Waals surface area contributed by atoms with Gasteiger partial charge in [-0.05, 0) is 38.2 Å². The van der Waals surface area contributed by atoms with Gasteiger partial charge in [0.05, 0.1) is 32.4 Å². The number of methoxy groups -OCH3 is 3. The first-order chi connectivity index (χ1) is 13.4. The molecule has 0 aliphatic heterocycles. The number of benzene rings is 2. The van der Waals surface area contributed by atoms with Crippen LogP contribution in [0, 0.1) is 0 Å². The van der Waals surface area contributed by atoms with Crippen LogP contribution >= 0.6 is 0 Å². The molecule has 0 aliphatic rings. The van der Waals surface area contributed by atoms with Crippen LogP contribution in [0.15, 0.2) is 42.5 Å². The number of carbonyl (C=O) groups excluding carboxylic acids is 1. The van der Waals surface area contributed by atoms with Crippen molar-refractivity contribution in [2.75, 3.05) is 42.0 Å². The molecular weight excluding hydrogens is 358 g/mol. The van der Waals surface area contributed by atoms with Crippen LogP contribution in [-0.4, -0.2) is 52.9 Å². The van der Waals surface area contributed by atoms with Crippen LogP contribution in [0.1, 0.15) is 29.3 Å². The summed E-state index contributed by atoms with van der Waals surface area (Å²) < 4.78 is 21.7. The zero-order valence-electron chi connectivity index (χ0n) is 17.4. The van der Waals surface area contributed by atoms with E-state index in [0.29, 0.717) is 22.8 Å². The number of rotatable bonds is 9. The van der Waals surface area contributed by atoms with Gasteiger partial charge in [-0.15, -0.1) is 0 Å². The van der Waals surface area contributed by atoms with Crippen molar-refractivity contribution in [3.8, 4) is 17.2 Å². The molecule has 2 aromatic carbocycles. The fraction of sp³-hybridized carbons (Fsp3) is 0.409. The molecule has 0 heterocycles. The van der Waals surface area contributed by atoms with E-state index in [1.165, 1.54) is 21.3 Å². The maximum Gasteiger partial charge on any atom is 0.338 e. The molecule has 0 saturated carbocycles. The van der Waals surface area contributed by atoms with Crippen LogP contribution in [0.4, 0.5) is 0 Å². The van der Waals surface area contributed by atoms with Gasteiger partial charge in [-0.2, -0.15) is 0 Å². The second-order valence-electron chi connectivity index (χ2n) is 6.64. The van der Waals surface area contributed by atoms with E-state index >= 15 is 0 Å². The minimum atomic E-state index is -0.449. The van der Waals surface area contributed by atoms with Gasteiger partial charge in [-0.1, -0.05) is 37.3 Å². The smallest absolute Gasteiger partial charge is 0.338 e. The van der Waals surface area contributed by atoms with Gasteiger partial charge in [0.25, 0.3) is 0 Å². The highest BCUT2D eigenvalue weighted by Gasteiger charge is 2.34. The van der Waals surface area contributed by atoms with E-state index in [-0.39, 0.29) is 6.61 Å². The van der Waals surface area contributed by atoms with E-state index < -0.39 is 11.5 Å². The van der Waals surface area contributed by atoms with E-state index in [4.69, 9.17) is 18.9 Å². The van der Waals surface area contributed by atoms with Gasteiger partial charge in [0.2, 0.25) is 5.75 Å². The molecule has 0 aliphatic carbocycles. The predicted octanol–water partition coefficient (Wildman–Crippen LogP) is 3.74. The molecule has 0 fully saturated rings. The summed E-state index contributed by atoms with van der Waals surface area (Å²) in [5.41, 5.74) is 1.02. The highest BCUT2D eigenvalue weighted by atomic mass is 16.5. The van der Waals surface area contributed by atoms with Crippen LogP contribution in [-0.2, 0) is 10.3 Å². The molecule has 6 nitrogen and oxygen atoms in total. The van der Waals surface area contributed by atoms with Crippen LogP contribution in [0.2, 0.25) is 0 Å². The van der Waals surface area contributed by atoms with Crippen molar-refractivity contribution >= 4 is 5.97 Å². The lowest BCUT2D eigenvalue weighted by atomic mass is 9.87. The van der Waals surface area contributed by atoms with Gasteiger partial charge < -0.3 is 18.9 Å². The molecule has 0 bridgehead atoms. The second-order valence-corrected chi connectivity index (χ2v) is 6.64. The van der Waals surface area contributed by atoms with E-state index in [1.807, 2.05) is 32.3 Å². The molecule has 28 heavy (non-hydrogen) atoms. The summed E-state index contributed by atoms with van der Waals surface area (Å²) in [7, 11) is 8.52. The van der Waals surface area contributed by atoms with E-state index in [9.17, 15) is 4.79 Å². The summed E-state index contributed by atoms with van der Waals surface area (Å²) in [6, 6.07) is 13.2. The Morgan fingerprint density at radius 1 is 0.964 bits per heavy atom. The maximum absolute atomic E-state index is 12.8. The molecule has 1 atom stereocenters. The number of ether oxygens (including phenoxy) is 4. The number of nitrogens with zero attached hydrogens (tertiary/aromatic N) is 1. The number of carbonyl (C=O) groups is 1. The summed E-state index contributed by atoms with van der Waals surface area (Å²) in [6.07, 6.45) is 0.784. The number of hydrogen-bond donors (Lipinski definition) is 0. The topological polar surface area (TPSA) is 57.2 Å². The van der Waals surface area contributed by atoms with Crippen LogP contribution < -0.4 is 14.2 Å². The third-order valence-electron chi connectivity index (χ3n) is 5.09. The number of hydrogen-bond acceptors (Lipinski definition) is 6. The Bertz CT molecular complexity index is 766. The van der Waals surface area contributed by atoms with Crippen LogP contribution in [0.3, 0.4) is 0 Å². The van der Waals surface area contributed by atoms with Gasteiger partial charge in [0.15, 0.2) is 11.5 Å². The summed E-state index contributed by atoms with van der Waals surface area (Å²) >= 11 is 0. The lowest BCUT2D eigenvalue weighted by molar-refractivity contribution is 0.0119. The average molecular weight is 387 g/mol. The van der Waals surface area contributed by atoms with Crippen molar-refractivity contribution < 1.29 is 23.7 Å². The molecular formula is C22H29NO5. The van der Waals surface area contributed by atoms with Crippen LogP contribution in [0.5, 0.6) is 17.2 Å². The lowest BCUT2D eigenvalue weighted by Crippen LogP contribution is -2.45. The Balaban J connectivity index is 2.31. The molecule has 0 saturated heterocycles. The van der Waals surface area contributed by atoms with Gasteiger partial charge in [0.1, 0.15) is 6.61 Å². The molecule has 0 amide bonds. The van der Waals surface area contributed by atoms with E-state index in [1.54, 1.807) is 12.1 Å². The fourth-order valence-corrected chi connectivity index (χ4v) is 3.31. The quantitative estimate of drug-likeness (QED) is 0.611.